The number of rotatable bonds is 12. The Labute approximate surface area is 272 Å². The van der Waals surface area contributed by atoms with Crippen molar-refractivity contribution in [1.29, 1.82) is 0 Å². The number of amides is 3. The summed E-state index contributed by atoms with van der Waals surface area (Å²) in [6, 6.07) is 17.5. The number of benzene rings is 2. The number of anilines is 1. The first-order valence-corrected chi connectivity index (χ1v) is 16.9. The maximum atomic E-state index is 15.0. The maximum absolute atomic E-state index is 15.0. The van der Waals surface area contributed by atoms with Gasteiger partial charge in [0.1, 0.15) is 11.6 Å². The van der Waals surface area contributed by atoms with Crippen LogP contribution in [-0.2, 0) is 25.5 Å². The molecule has 1 N–H and O–H groups in total. The number of fused-ring (bicyclic) bond motifs is 1. The molecule has 2 bridgehead atoms. The topological polar surface area (TPSA) is 90.4 Å². The van der Waals surface area contributed by atoms with Crippen LogP contribution in [0.15, 0.2) is 86.0 Å². The zero-order valence-corrected chi connectivity index (χ0v) is 26.9. The molecule has 3 amide bonds. The molecule has 244 valence electrons. The average Bonchev–Trinajstić information content (AvgIpc) is 3.66. The second kappa shape index (κ2) is 13.2. The molecule has 8 heteroatoms. The van der Waals surface area contributed by atoms with Crippen molar-refractivity contribution in [3.63, 3.8) is 0 Å². The van der Waals surface area contributed by atoms with Gasteiger partial charge < -0.3 is 24.5 Å². The molecule has 46 heavy (non-hydrogen) atoms. The number of aliphatic hydroxyl groups excluding tert-OH is 1. The molecule has 3 heterocycles. The summed E-state index contributed by atoms with van der Waals surface area (Å²) in [6.07, 6.45) is 9.89. The summed E-state index contributed by atoms with van der Waals surface area (Å²) < 4.78 is 6.97. The quantitative estimate of drug-likeness (QED) is 0.338. The van der Waals surface area contributed by atoms with E-state index in [0.29, 0.717) is 25.8 Å². The van der Waals surface area contributed by atoms with E-state index in [-0.39, 0.29) is 36.9 Å². The van der Waals surface area contributed by atoms with Crippen molar-refractivity contribution in [3.8, 4) is 0 Å². The molecule has 3 aliphatic heterocycles. The number of hydrogen-bond acceptors (Lipinski definition) is 5. The molecule has 0 radical (unpaired) electrons. The Morgan fingerprint density at radius 1 is 0.978 bits per heavy atom. The van der Waals surface area contributed by atoms with Crippen molar-refractivity contribution in [3.05, 3.63) is 91.5 Å². The van der Waals surface area contributed by atoms with E-state index >= 15 is 4.79 Å². The Balaban J connectivity index is 1.45. The summed E-state index contributed by atoms with van der Waals surface area (Å²) in [5.74, 6) is -2.32. The molecular weight excluding hydrogens is 578 g/mol. The second-order valence-corrected chi connectivity index (χ2v) is 13.6. The number of carbonyl (C=O) groups excluding carboxylic acids is 3. The van der Waals surface area contributed by atoms with Crippen LogP contribution in [0.4, 0.5) is 5.69 Å². The highest BCUT2D eigenvalue weighted by Gasteiger charge is 2.79. The predicted octanol–water partition coefficient (Wildman–Crippen LogP) is 4.92. The number of carbonyl (C=O) groups is 3. The van der Waals surface area contributed by atoms with Crippen molar-refractivity contribution in [2.75, 3.05) is 24.6 Å². The lowest BCUT2D eigenvalue weighted by Crippen LogP contribution is -2.60. The molecule has 6 rings (SSSR count). The molecular formula is C38H47N3O5. The van der Waals surface area contributed by atoms with Gasteiger partial charge in [-0.25, -0.2) is 0 Å². The summed E-state index contributed by atoms with van der Waals surface area (Å²) >= 11 is 0. The molecule has 2 unspecified atom stereocenters. The second-order valence-electron chi connectivity index (χ2n) is 13.6. The molecule has 4 aliphatic rings. The van der Waals surface area contributed by atoms with E-state index in [1.54, 1.807) is 22.0 Å². The molecule has 1 saturated carbocycles. The third kappa shape index (κ3) is 5.39. The third-order valence-corrected chi connectivity index (χ3v) is 10.9. The van der Waals surface area contributed by atoms with Gasteiger partial charge in [-0.2, -0.15) is 0 Å². The largest absolute Gasteiger partial charge is 0.394 e. The predicted molar refractivity (Wildman–Crippen MR) is 178 cm³/mol. The smallest absolute Gasteiger partial charge is 0.248 e. The lowest BCUT2D eigenvalue weighted by atomic mass is 9.66. The van der Waals surface area contributed by atoms with Gasteiger partial charge in [0, 0.05) is 24.8 Å². The van der Waals surface area contributed by atoms with Crippen LogP contribution >= 0.6 is 0 Å². The zero-order valence-electron chi connectivity index (χ0n) is 26.9. The van der Waals surface area contributed by atoms with Gasteiger partial charge in [0.05, 0.1) is 30.1 Å². The van der Waals surface area contributed by atoms with Crippen molar-refractivity contribution in [2.24, 2.45) is 11.8 Å². The fraction of sp³-hybridized carbons (Fsp3) is 0.500. The van der Waals surface area contributed by atoms with Crippen LogP contribution in [-0.4, -0.2) is 81.7 Å². The van der Waals surface area contributed by atoms with Crippen LogP contribution in [0.5, 0.6) is 0 Å². The molecule has 2 aromatic rings. The van der Waals surface area contributed by atoms with Gasteiger partial charge in [0.25, 0.3) is 0 Å². The molecule has 8 nitrogen and oxygen atoms in total. The fourth-order valence-corrected chi connectivity index (χ4v) is 8.88. The number of ether oxygens (including phenoxy) is 1. The first kappa shape index (κ1) is 32.2. The van der Waals surface area contributed by atoms with Gasteiger partial charge >= 0.3 is 0 Å². The Morgan fingerprint density at radius 2 is 1.63 bits per heavy atom. The molecule has 6 atom stereocenters. The molecule has 3 saturated heterocycles. The lowest BCUT2D eigenvalue weighted by Gasteiger charge is -2.42. The summed E-state index contributed by atoms with van der Waals surface area (Å²) in [5.41, 5.74) is -0.429. The van der Waals surface area contributed by atoms with E-state index in [1.165, 1.54) is 0 Å². The number of para-hydroxylation sites is 1. The van der Waals surface area contributed by atoms with Crippen LogP contribution in [0, 0.1) is 11.8 Å². The maximum Gasteiger partial charge on any atom is 0.248 e. The highest BCUT2D eigenvalue weighted by Crippen LogP contribution is 2.64. The first-order chi connectivity index (χ1) is 22.3. The van der Waals surface area contributed by atoms with Crippen molar-refractivity contribution in [2.45, 2.75) is 87.6 Å². The monoisotopic (exact) mass is 625 g/mol. The van der Waals surface area contributed by atoms with Crippen LogP contribution < -0.4 is 4.90 Å². The van der Waals surface area contributed by atoms with Crippen LogP contribution in [0.1, 0.15) is 57.4 Å². The standard InChI is InChI=1S/C38H47N3O5/c1-4-23-39(28-17-11-7-12-18-28)34(43)31-32-35(44)41(30(26-42)25-27-15-9-6-10-16-27)33(38(32)22-21-37(31,3)46-38)36(45)40(24-5-2)29-19-13-8-14-20-29/h4-7,9-12,15-18,29-33,42H,1-2,8,13-14,19-26H2,3H3/t30-,31+,32+,33?,37-,38?/m1/s1. The third-order valence-electron chi connectivity index (χ3n) is 10.9. The van der Waals surface area contributed by atoms with Crippen molar-refractivity contribution in [1.82, 2.24) is 9.80 Å². The van der Waals surface area contributed by atoms with Crippen molar-refractivity contribution < 1.29 is 24.2 Å². The Hall–Kier alpha value is -3.75. The van der Waals surface area contributed by atoms with Crippen molar-refractivity contribution >= 4 is 23.4 Å². The minimum Gasteiger partial charge on any atom is -0.394 e. The number of likely N-dealkylation sites (tertiary alicyclic amines) is 1. The lowest BCUT2D eigenvalue weighted by molar-refractivity contribution is -0.156. The van der Waals surface area contributed by atoms with Gasteiger partial charge in [-0.3, -0.25) is 14.4 Å². The summed E-state index contributed by atoms with van der Waals surface area (Å²) in [7, 11) is 0. The van der Waals surface area contributed by atoms with Gasteiger partial charge in [0.15, 0.2) is 0 Å². The fourth-order valence-electron chi connectivity index (χ4n) is 8.88. The zero-order chi connectivity index (χ0) is 32.5. The van der Waals surface area contributed by atoms with E-state index in [1.807, 2.05) is 72.5 Å². The van der Waals surface area contributed by atoms with Crippen LogP contribution in [0.25, 0.3) is 0 Å². The minimum atomic E-state index is -1.18. The molecule has 1 spiro atoms. The van der Waals surface area contributed by atoms with E-state index in [2.05, 4.69) is 13.2 Å². The molecule has 1 aliphatic carbocycles. The van der Waals surface area contributed by atoms with Crippen LogP contribution in [0.2, 0.25) is 0 Å². The van der Waals surface area contributed by atoms with Gasteiger partial charge in [-0.1, -0.05) is 79.9 Å². The highest BCUT2D eigenvalue weighted by atomic mass is 16.5. The highest BCUT2D eigenvalue weighted by molar-refractivity contribution is 6.03. The SMILES string of the molecule is C=CCN(C(=O)[C@@H]1[C@H]2C(=O)N([C@@H](CO)Cc3ccccc3)C(C(=O)N(CC=C)C3CCCCC3)C23CC[C@@]1(C)O3)c1ccccc1. The van der Waals surface area contributed by atoms with Gasteiger partial charge in [-0.15, -0.1) is 13.2 Å². The number of aliphatic hydroxyl groups is 1. The molecule has 4 fully saturated rings. The number of nitrogens with zero attached hydrogens (tertiary/aromatic N) is 3. The summed E-state index contributed by atoms with van der Waals surface area (Å²) in [6.45, 7) is 10.1. The van der Waals surface area contributed by atoms with Crippen LogP contribution in [0.3, 0.4) is 0 Å². The van der Waals surface area contributed by atoms with E-state index in [4.69, 9.17) is 4.74 Å². The molecule has 0 aromatic heterocycles. The van der Waals surface area contributed by atoms with E-state index in [9.17, 15) is 14.7 Å². The van der Waals surface area contributed by atoms with Gasteiger partial charge in [-0.05, 0) is 56.7 Å². The normalized spacial score (nSPS) is 29.3. The Kier molecular flexibility index (Phi) is 9.22. The average molecular weight is 626 g/mol. The Morgan fingerprint density at radius 3 is 2.26 bits per heavy atom. The minimum absolute atomic E-state index is 0.0427. The summed E-state index contributed by atoms with van der Waals surface area (Å²) in [4.78, 5) is 49.9. The first-order valence-electron chi connectivity index (χ1n) is 16.9. The van der Waals surface area contributed by atoms with E-state index < -0.39 is 35.1 Å². The molecule has 2 aromatic carbocycles. The summed E-state index contributed by atoms with van der Waals surface area (Å²) in [5, 5.41) is 10.9. The van der Waals surface area contributed by atoms with E-state index in [0.717, 1.165) is 43.4 Å². The van der Waals surface area contributed by atoms with Gasteiger partial charge in [0.2, 0.25) is 17.7 Å². The number of hydrogen-bond donors (Lipinski definition) is 1. The Bertz CT molecular complexity index is 1440.